The summed E-state index contributed by atoms with van der Waals surface area (Å²) in [5.41, 5.74) is -0.408. The highest BCUT2D eigenvalue weighted by atomic mass is 19.1. The molecule has 0 unspecified atom stereocenters. The number of nitrogens with one attached hydrogen (secondary N) is 2. The molecule has 0 bridgehead atoms. The summed E-state index contributed by atoms with van der Waals surface area (Å²) in [5.74, 6) is -0.777. The number of aromatic nitrogens is 1. The van der Waals surface area contributed by atoms with Crippen molar-refractivity contribution < 1.29 is 18.7 Å². The molecule has 21 heavy (non-hydrogen) atoms. The fraction of sp³-hybridized carbons (Fsp3) is 0.500. The highest BCUT2D eigenvalue weighted by molar-refractivity contribution is 5.76. The van der Waals surface area contributed by atoms with Crippen LogP contribution in [0.5, 0.6) is 0 Å². The maximum absolute atomic E-state index is 13.3. The minimum atomic E-state index is -0.581. The van der Waals surface area contributed by atoms with Crippen LogP contribution in [0.1, 0.15) is 32.9 Å². The van der Waals surface area contributed by atoms with Gasteiger partial charge in [0.2, 0.25) is 5.91 Å². The summed E-state index contributed by atoms with van der Waals surface area (Å²) in [6.45, 7) is 5.41. The molecule has 7 heteroatoms. The van der Waals surface area contributed by atoms with Gasteiger partial charge in [-0.25, -0.2) is 9.18 Å². The summed E-state index contributed by atoms with van der Waals surface area (Å²) in [5, 5.41) is 5.00. The molecule has 6 nitrogen and oxygen atoms in total. The molecule has 1 heterocycles. The molecule has 0 fully saturated rings. The van der Waals surface area contributed by atoms with Gasteiger partial charge in [-0.2, -0.15) is 0 Å². The minimum Gasteiger partial charge on any atom is -0.444 e. The van der Waals surface area contributed by atoms with Crippen molar-refractivity contribution in [2.45, 2.75) is 39.3 Å². The number of nitrogens with zero attached hydrogens (tertiary/aromatic N) is 1. The predicted octanol–water partition coefficient (Wildman–Crippen LogP) is 1.75. The van der Waals surface area contributed by atoms with E-state index in [0.29, 0.717) is 0 Å². The number of pyridine rings is 1. The quantitative estimate of drug-likeness (QED) is 0.867. The first kappa shape index (κ1) is 16.9. The maximum Gasteiger partial charge on any atom is 0.407 e. The molecule has 0 aliphatic rings. The van der Waals surface area contributed by atoms with E-state index in [1.54, 1.807) is 20.8 Å². The molecule has 1 rings (SSSR count). The van der Waals surface area contributed by atoms with Crippen molar-refractivity contribution in [1.82, 2.24) is 15.6 Å². The second kappa shape index (κ2) is 7.56. The summed E-state index contributed by atoms with van der Waals surface area (Å²) < 4.78 is 18.3. The van der Waals surface area contributed by atoms with Crippen LogP contribution in [0.15, 0.2) is 18.3 Å². The molecule has 2 amide bonds. The molecule has 1 aromatic heterocycles. The Balaban J connectivity index is 2.23. The molecule has 0 atom stereocenters. The standard InChI is InChI=1S/C14H20FN3O3/c1-14(2,3)21-13(20)17-8-6-12(19)18-9-11-10(15)5-4-7-16-11/h4-5,7H,6,8-9H2,1-3H3,(H,17,20)(H,18,19). The zero-order valence-corrected chi connectivity index (χ0v) is 12.4. The Morgan fingerprint density at radius 1 is 1.33 bits per heavy atom. The summed E-state index contributed by atoms with van der Waals surface area (Å²) in [7, 11) is 0. The number of alkyl carbamates (subject to hydrolysis) is 1. The van der Waals surface area contributed by atoms with E-state index in [1.165, 1.54) is 18.3 Å². The number of ether oxygens (including phenoxy) is 1. The van der Waals surface area contributed by atoms with E-state index in [1.807, 2.05) is 0 Å². The third-order valence-electron chi connectivity index (χ3n) is 2.31. The van der Waals surface area contributed by atoms with Crippen LogP contribution in [0.2, 0.25) is 0 Å². The average molecular weight is 297 g/mol. The number of carbonyl (C=O) groups excluding carboxylic acids is 2. The molecule has 0 spiro atoms. The lowest BCUT2D eigenvalue weighted by atomic mass is 10.2. The van der Waals surface area contributed by atoms with Gasteiger partial charge in [0.05, 0.1) is 12.2 Å². The Morgan fingerprint density at radius 3 is 2.67 bits per heavy atom. The van der Waals surface area contributed by atoms with Crippen LogP contribution >= 0.6 is 0 Å². The average Bonchev–Trinajstić information content (AvgIpc) is 2.35. The van der Waals surface area contributed by atoms with Gasteiger partial charge in [0.1, 0.15) is 11.4 Å². The molecular weight excluding hydrogens is 277 g/mol. The largest absolute Gasteiger partial charge is 0.444 e. The van der Waals surface area contributed by atoms with Gasteiger partial charge in [0.15, 0.2) is 0 Å². The Morgan fingerprint density at radius 2 is 2.05 bits per heavy atom. The Labute approximate surface area is 123 Å². The highest BCUT2D eigenvalue weighted by Crippen LogP contribution is 2.06. The van der Waals surface area contributed by atoms with Gasteiger partial charge >= 0.3 is 6.09 Å². The van der Waals surface area contributed by atoms with Gasteiger partial charge in [0.25, 0.3) is 0 Å². The molecule has 0 aromatic carbocycles. The van der Waals surface area contributed by atoms with Crippen molar-refractivity contribution in [2.24, 2.45) is 0 Å². The molecule has 116 valence electrons. The number of hydrogen-bond donors (Lipinski definition) is 2. The minimum absolute atomic E-state index is 0.0118. The summed E-state index contributed by atoms with van der Waals surface area (Å²) in [4.78, 5) is 26.7. The molecule has 1 aromatic rings. The number of halogens is 1. The van der Waals surface area contributed by atoms with Gasteiger partial charge in [-0.3, -0.25) is 9.78 Å². The van der Waals surface area contributed by atoms with Crippen LogP contribution in [0.25, 0.3) is 0 Å². The molecule has 0 saturated heterocycles. The van der Waals surface area contributed by atoms with Gasteiger partial charge in [-0.05, 0) is 32.9 Å². The van der Waals surface area contributed by atoms with Crippen LogP contribution in [-0.2, 0) is 16.1 Å². The van der Waals surface area contributed by atoms with Crippen molar-refractivity contribution in [3.8, 4) is 0 Å². The zero-order valence-electron chi connectivity index (χ0n) is 12.4. The van der Waals surface area contributed by atoms with Gasteiger partial charge < -0.3 is 15.4 Å². The van der Waals surface area contributed by atoms with Crippen molar-refractivity contribution >= 4 is 12.0 Å². The third-order valence-corrected chi connectivity index (χ3v) is 2.31. The Hall–Kier alpha value is -2.18. The van der Waals surface area contributed by atoms with E-state index in [9.17, 15) is 14.0 Å². The van der Waals surface area contributed by atoms with Crippen molar-refractivity contribution in [3.05, 3.63) is 29.8 Å². The second-order valence-corrected chi connectivity index (χ2v) is 5.39. The fourth-order valence-corrected chi connectivity index (χ4v) is 1.41. The topological polar surface area (TPSA) is 80.3 Å². The van der Waals surface area contributed by atoms with E-state index >= 15 is 0 Å². The van der Waals surface area contributed by atoms with Crippen LogP contribution in [0.3, 0.4) is 0 Å². The predicted molar refractivity (Wildman–Crippen MR) is 74.9 cm³/mol. The molecule has 2 N–H and O–H groups in total. The normalized spacial score (nSPS) is 10.9. The number of rotatable bonds is 5. The highest BCUT2D eigenvalue weighted by Gasteiger charge is 2.15. The third kappa shape index (κ3) is 7.24. The summed E-state index contributed by atoms with van der Waals surface area (Å²) in [6, 6.07) is 2.75. The van der Waals surface area contributed by atoms with Gasteiger partial charge in [-0.1, -0.05) is 0 Å². The molecule has 0 radical (unpaired) electrons. The molecule has 0 aliphatic carbocycles. The van der Waals surface area contributed by atoms with E-state index < -0.39 is 17.5 Å². The number of hydrogen-bond acceptors (Lipinski definition) is 4. The first-order valence-electron chi connectivity index (χ1n) is 6.61. The maximum atomic E-state index is 13.3. The lowest BCUT2D eigenvalue weighted by Crippen LogP contribution is -2.35. The molecule has 0 saturated carbocycles. The zero-order chi connectivity index (χ0) is 15.9. The second-order valence-electron chi connectivity index (χ2n) is 5.39. The number of carbonyl (C=O) groups is 2. The molecule has 0 aliphatic heterocycles. The van der Waals surface area contributed by atoms with Gasteiger partial charge in [-0.15, -0.1) is 0 Å². The summed E-state index contributed by atoms with van der Waals surface area (Å²) >= 11 is 0. The Bertz CT molecular complexity index is 500. The van der Waals surface area contributed by atoms with E-state index in [2.05, 4.69) is 15.6 Å². The SMILES string of the molecule is CC(C)(C)OC(=O)NCCC(=O)NCc1ncccc1F. The van der Waals surface area contributed by atoms with Crippen molar-refractivity contribution in [2.75, 3.05) is 6.54 Å². The lowest BCUT2D eigenvalue weighted by molar-refractivity contribution is -0.121. The van der Waals surface area contributed by atoms with Crippen LogP contribution in [0.4, 0.5) is 9.18 Å². The van der Waals surface area contributed by atoms with Crippen LogP contribution < -0.4 is 10.6 Å². The smallest absolute Gasteiger partial charge is 0.407 e. The fourth-order valence-electron chi connectivity index (χ4n) is 1.41. The van der Waals surface area contributed by atoms with Crippen LogP contribution in [0, 0.1) is 5.82 Å². The van der Waals surface area contributed by atoms with Crippen LogP contribution in [-0.4, -0.2) is 29.1 Å². The van der Waals surface area contributed by atoms with Gasteiger partial charge in [0, 0.05) is 19.2 Å². The van der Waals surface area contributed by atoms with E-state index in [0.717, 1.165) is 0 Å². The monoisotopic (exact) mass is 297 g/mol. The van der Waals surface area contributed by atoms with Crippen molar-refractivity contribution in [1.29, 1.82) is 0 Å². The van der Waals surface area contributed by atoms with Crippen molar-refractivity contribution in [3.63, 3.8) is 0 Å². The first-order chi connectivity index (χ1) is 9.78. The molecular formula is C14H20FN3O3. The number of amides is 2. The lowest BCUT2D eigenvalue weighted by Gasteiger charge is -2.19. The van der Waals surface area contributed by atoms with E-state index in [4.69, 9.17) is 4.74 Å². The summed E-state index contributed by atoms with van der Waals surface area (Å²) in [6.07, 6.45) is 0.952. The Kier molecular flexibility index (Phi) is 6.08. The van der Waals surface area contributed by atoms with E-state index in [-0.39, 0.29) is 31.1 Å². The first-order valence-corrected chi connectivity index (χ1v) is 6.61.